The van der Waals surface area contributed by atoms with Gasteiger partial charge in [0.15, 0.2) is 0 Å². The van der Waals surface area contributed by atoms with E-state index in [0.29, 0.717) is 16.5 Å². The molecule has 5 nitrogen and oxygen atoms in total. The van der Waals surface area contributed by atoms with Crippen LogP contribution in [-0.2, 0) is 0 Å². The Balaban J connectivity index is 2.34. The van der Waals surface area contributed by atoms with Gasteiger partial charge in [0.1, 0.15) is 10.9 Å². The Morgan fingerprint density at radius 2 is 2.31 bits per heavy atom. The van der Waals surface area contributed by atoms with Crippen molar-refractivity contribution in [1.29, 1.82) is 0 Å². The van der Waals surface area contributed by atoms with Crippen LogP contribution < -0.4 is 11.3 Å². The maximum atomic E-state index is 11.2. The molecular formula is C10H10N4OS. The van der Waals surface area contributed by atoms with Crippen LogP contribution >= 0.6 is 11.8 Å². The number of nitrogens with two attached hydrogens (primary N) is 1. The maximum absolute atomic E-state index is 11.2. The lowest BCUT2D eigenvalue weighted by molar-refractivity contribution is 0.940. The second-order valence-electron chi connectivity index (χ2n) is 3.18. The fraction of sp³-hybridized carbons (Fsp3) is 0.100. The summed E-state index contributed by atoms with van der Waals surface area (Å²) in [6.07, 6.45) is 3.22. The number of hydrogen-bond acceptors (Lipinski definition) is 5. The normalized spacial score (nSPS) is 10.3. The Kier molecular flexibility index (Phi) is 2.91. The van der Waals surface area contributed by atoms with E-state index in [2.05, 4.69) is 15.0 Å². The predicted molar refractivity (Wildman–Crippen MR) is 62.4 cm³/mol. The summed E-state index contributed by atoms with van der Waals surface area (Å²) in [7, 11) is 0. The molecule has 0 spiro atoms. The summed E-state index contributed by atoms with van der Waals surface area (Å²) in [6, 6.07) is 3.23. The van der Waals surface area contributed by atoms with Gasteiger partial charge >= 0.3 is 0 Å². The van der Waals surface area contributed by atoms with Crippen LogP contribution in [0.4, 0.5) is 5.69 Å². The van der Waals surface area contributed by atoms with E-state index in [1.165, 1.54) is 17.8 Å². The minimum absolute atomic E-state index is 0.164. The molecule has 0 bridgehead atoms. The van der Waals surface area contributed by atoms with Gasteiger partial charge in [0.2, 0.25) is 0 Å². The molecular weight excluding hydrogens is 224 g/mol. The summed E-state index contributed by atoms with van der Waals surface area (Å²) in [5.41, 5.74) is 6.16. The molecule has 0 unspecified atom stereocenters. The zero-order valence-electron chi connectivity index (χ0n) is 8.60. The zero-order chi connectivity index (χ0) is 11.5. The number of aromatic nitrogens is 3. The standard InChI is InChI=1S/C10H10N4OS/c1-6-13-9(15)4-10(14-6)16-8-2-3-12-5-7(8)11/h2-5H,11H2,1H3,(H,13,14,15). The van der Waals surface area contributed by atoms with Crippen LogP contribution in [0.15, 0.2) is 39.2 Å². The SMILES string of the molecule is Cc1nc(Sc2ccncc2N)cc(=O)[nH]1. The van der Waals surface area contributed by atoms with Crippen LogP contribution in [0.5, 0.6) is 0 Å². The van der Waals surface area contributed by atoms with E-state index in [-0.39, 0.29) is 5.56 Å². The third-order valence-electron chi connectivity index (χ3n) is 1.86. The van der Waals surface area contributed by atoms with Crippen molar-refractivity contribution in [3.8, 4) is 0 Å². The molecule has 0 atom stereocenters. The van der Waals surface area contributed by atoms with Gasteiger partial charge < -0.3 is 10.7 Å². The zero-order valence-corrected chi connectivity index (χ0v) is 9.41. The molecule has 0 aromatic carbocycles. The summed E-state index contributed by atoms with van der Waals surface area (Å²) < 4.78 is 0. The number of hydrogen-bond donors (Lipinski definition) is 2. The van der Waals surface area contributed by atoms with Gasteiger partial charge in [-0.1, -0.05) is 11.8 Å². The molecule has 0 aliphatic carbocycles. The Morgan fingerprint density at radius 3 is 3.00 bits per heavy atom. The average Bonchev–Trinajstić information content (AvgIpc) is 2.20. The van der Waals surface area contributed by atoms with Crippen LogP contribution in [0.1, 0.15) is 5.82 Å². The molecule has 2 aromatic rings. The number of aromatic amines is 1. The van der Waals surface area contributed by atoms with Crippen molar-refractivity contribution in [3.05, 3.63) is 40.7 Å². The number of anilines is 1. The van der Waals surface area contributed by atoms with Crippen LogP contribution in [0.25, 0.3) is 0 Å². The Bertz CT molecular complexity index is 567. The maximum Gasteiger partial charge on any atom is 0.251 e. The summed E-state index contributed by atoms with van der Waals surface area (Å²) in [6.45, 7) is 1.74. The molecule has 2 heterocycles. The molecule has 2 rings (SSSR count). The minimum atomic E-state index is -0.164. The van der Waals surface area contributed by atoms with Crippen molar-refractivity contribution in [2.24, 2.45) is 0 Å². The lowest BCUT2D eigenvalue weighted by atomic mass is 10.4. The second-order valence-corrected chi connectivity index (χ2v) is 4.25. The summed E-state index contributed by atoms with van der Waals surface area (Å²) >= 11 is 1.35. The van der Waals surface area contributed by atoms with Crippen molar-refractivity contribution in [2.75, 3.05) is 5.73 Å². The first-order valence-electron chi connectivity index (χ1n) is 4.60. The highest BCUT2D eigenvalue weighted by Crippen LogP contribution is 2.28. The fourth-order valence-corrected chi connectivity index (χ4v) is 2.08. The quantitative estimate of drug-likeness (QED) is 0.763. The first-order valence-corrected chi connectivity index (χ1v) is 5.42. The van der Waals surface area contributed by atoms with E-state index in [1.807, 2.05) is 0 Å². The van der Waals surface area contributed by atoms with Gasteiger partial charge in [0.05, 0.1) is 11.9 Å². The highest BCUT2D eigenvalue weighted by Gasteiger charge is 2.04. The Morgan fingerprint density at radius 1 is 1.50 bits per heavy atom. The van der Waals surface area contributed by atoms with Crippen LogP contribution in [-0.4, -0.2) is 15.0 Å². The lowest BCUT2D eigenvalue weighted by Crippen LogP contribution is -2.08. The van der Waals surface area contributed by atoms with Crippen LogP contribution in [0, 0.1) is 6.92 Å². The van der Waals surface area contributed by atoms with Gasteiger partial charge in [-0.25, -0.2) is 4.98 Å². The van der Waals surface area contributed by atoms with Gasteiger partial charge in [0.25, 0.3) is 5.56 Å². The largest absolute Gasteiger partial charge is 0.397 e. The molecule has 3 N–H and O–H groups in total. The lowest BCUT2D eigenvalue weighted by Gasteiger charge is -2.03. The summed E-state index contributed by atoms with van der Waals surface area (Å²) in [4.78, 5) is 22.8. The highest BCUT2D eigenvalue weighted by molar-refractivity contribution is 7.99. The van der Waals surface area contributed by atoms with Crippen molar-refractivity contribution in [3.63, 3.8) is 0 Å². The monoisotopic (exact) mass is 234 g/mol. The minimum Gasteiger partial charge on any atom is -0.397 e. The molecule has 2 aromatic heterocycles. The van der Waals surface area contributed by atoms with Crippen LogP contribution in [0.2, 0.25) is 0 Å². The molecule has 6 heteroatoms. The molecule has 0 fully saturated rings. The third kappa shape index (κ3) is 2.40. The third-order valence-corrected chi connectivity index (χ3v) is 2.87. The number of nitrogens with one attached hydrogen (secondary N) is 1. The number of nitrogens with zero attached hydrogens (tertiary/aromatic N) is 2. The molecule has 0 saturated carbocycles. The van der Waals surface area contributed by atoms with Gasteiger partial charge in [0, 0.05) is 17.2 Å². The molecule has 0 amide bonds. The molecule has 0 radical (unpaired) electrons. The molecule has 16 heavy (non-hydrogen) atoms. The second kappa shape index (κ2) is 4.36. The van der Waals surface area contributed by atoms with E-state index in [1.54, 1.807) is 25.4 Å². The Labute approximate surface area is 96.1 Å². The van der Waals surface area contributed by atoms with E-state index in [4.69, 9.17) is 5.73 Å². The predicted octanol–water partition coefficient (Wildman–Crippen LogP) is 1.21. The van der Waals surface area contributed by atoms with Gasteiger partial charge in [-0.2, -0.15) is 0 Å². The molecule has 0 aliphatic heterocycles. The van der Waals surface area contributed by atoms with Crippen molar-refractivity contribution < 1.29 is 0 Å². The average molecular weight is 234 g/mol. The van der Waals surface area contributed by atoms with Crippen molar-refractivity contribution in [2.45, 2.75) is 16.8 Å². The highest BCUT2D eigenvalue weighted by atomic mass is 32.2. The van der Waals surface area contributed by atoms with Crippen LogP contribution in [0.3, 0.4) is 0 Å². The van der Waals surface area contributed by atoms with E-state index >= 15 is 0 Å². The molecule has 82 valence electrons. The topological polar surface area (TPSA) is 84.7 Å². The number of pyridine rings is 1. The van der Waals surface area contributed by atoms with E-state index in [9.17, 15) is 4.79 Å². The molecule has 0 aliphatic rings. The first-order chi connectivity index (χ1) is 7.65. The number of rotatable bonds is 2. The molecule has 0 saturated heterocycles. The van der Waals surface area contributed by atoms with E-state index < -0.39 is 0 Å². The number of nitrogen functional groups attached to an aromatic ring is 1. The van der Waals surface area contributed by atoms with Gasteiger partial charge in [-0.3, -0.25) is 9.78 Å². The summed E-state index contributed by atoms with van der Waals surface area (Å²) in [5.74, 6) is 0.586. The summed E-state index contributed by atoms with van der Waals surface area (Å²) in [5, 5.41) is 0.624. The Hall–Kier alpha value is -1.82. The number of aryl methyl sites for hydroxylation is 1. The van der Waals surface area contributed by atoms with E-state index in [0.717, 1.165) is 4.90 Å². The fourth-order valence-electron chi connectivity index (χ4n) is 1.20. The number of H-pyrrole nitrogens is 1. The van der Waals surface area contributed by atoms with Gasteiger partial charge in [-0.05, 0) is 13.0 Å². The van der Waals surface area contributed by atoms with Crippen molar-refractivity contribution in [1.82, 2.24) is 15.0 Å². The van der Waals surface area contributed by atoms with Crippen molar-refractivity contribution >= 4 is 17.4 Å². The first kappa shape index (κ1) is 10.7. The van der Waals surface area contributed by atoms with Gasteiger partial charge in [-0.15, -0.1) is 0 Å². The smallest absolute Gasteiger partial charge is 0.251 e.